The number of nitrogens with one attached hydrogen (secondary N) is 2. The summed E-state index contributed by atoms with van der Waals surface area (Å²) >= 11 is 5.80. The molecule has 10 heteroatoms. The SMILES string of the molecule is COc1ccccc1NC(=O)CCN1C(=S)NC(c2ccccn2)C1c1cc(C)n(-c2cccc(C(=O)O)c2)c1C. The maximum absolute atomic E-state index is 13.0. The fourth-order valence-electron chi connectivity index (χ4n) is 5.43. The molecule has 4 aromatic rings. The third kappa shape index (κ3) is 5.64. The number of hydrogen-bond donors (Lipinski definition) is 3. The van der Waals surface area contributed by atoms with Crippen LogP contribution >= 0.6 is 12.2 Å². The molecule has 0 bridgehead atoms. The zero-order chi connectivity index (χ0) is 29.1. The van der Waals surface area contributed by atoms with E-state index in [4.69, 9.17) is 17.0 Å². The maximum Gasteiger partial charge on any atom is 0.335 e. The molecule has 41 heavy (non-hydrogen) atoms. The molecule has 210 valence electrons. The molecule has 1 aliphatic rings. The molecule has 1 aliphatic heterocycles. The number of nitrogens with zero attached hydrogens (tertiary/aromatic N) is 3. The molecule has 5 rings (SSSR count). The summed E-state index contributed by atoms with van der Waals surface area (Å²) < 4.78 is 7.41. The number of anilines is 1. The average Bonchev–Trinajstić information content (AvgIpc) is 3.46. The highest BCUT2D eigenvalue weighted by Crippen LogP contribution is 2.41. The van der Waals surface area contributed by atoms with Crippen molar-refractivity contribution >= 4 is 34.9 Å². The minimum Gasteiger partial charge on any atom is -0.495 e. The first-order valence-corrected chi connectivity index (χ1v) is 13.6. The predicted molar refractivity (Wildman–Crippen MR) is 161 cm³/mol. The number of pyridine rings is 1. The standard InChI is InChI=1S/C31H31N5O4S/c1-19-17-23(20(2)36(19)22-10-8-9-21(18-22)30(38)39)29-28(25-12-6-7-15-32-25)34-31(41)35(29)16-14-27(37)33-24-11-4-5-13-26(24)40-3/h4-13,15,17-18,28-29H,14,16H2,1-3H3,(H,33,37)(H,34,41)(H,38,39). The minimum absolute atomic E-state index is 0.159. The van der Waals surface area contributed by atoms with Crippen LogP contribution in [0.15, 0.2) is 79.0 Å². The molecule has 1 amide bonds. The van der Waals surface area contributed by atoms with Crippen molar-refractivity contribution in [1.29, 1.82) is 0 Å². The van der Waals surface area contributed by atoms with Crippen LogP contribution in [-0.4, -0.2) is 50.2 Å². The number of thiocarbonyl (C=S) groups is 1. The number of aromatic carboxylic acids is 1. The number of carboxylic acids is 1. The number of methoxy groups -OCH3 is 1. The van der Waals surface area contributed by atoms with E-state index in [1.165, 1.54) is 0 Å². The van der Waals surface area contributed by atoms with Gasteiger partial charge in [0.25, 0.3) is 0 Å². The van der Waals surface area contributed by atoms with Gasteiger partial charge in [-0.25, -0.2) is 4.79 Å². The summed E-state index contributed by atoms with van der Waals surface area (Å²) in [6, 6.07) is 21.5. The molecule has 2 aromatic heterocycles. The van der Waals surface area contributed by atoms with E-state index in [-0.39, 0.29) is 30.0 Å². The van der Waals surface area contributed by atoms with Crippen molar-refractivity contribution in [3.05, 3.63) is 107 Å². The van der Waals surface area contributed by atoms with Crippen LogP contribution in [0, 0.1) is 13.8 Å². The topological polar surface area (TPSA) is 109 Å². The Morgan fingerprint density at radius 1 is 1.07 bits per heavy atom. The first-order valence-electron chi connectivity index (χ1n) is 13.2. The first kappa shape index (κ1) is 27.9. The summed E-state index contributed by atoms with van der Waals surface area (Å²) in [6.07, 6.45) is 1.95. The van der Waals surface area contributed by atoms with Crippen molar-refractivity contribution in [2.75, 3.05) is 19.0 Å². The van der Waals surface area contributed by atoms with E-state index in [0.717, 1.165) is 28.3 Å². The Morgan fingerprint density at radius 3 is 2.59 bits per heavy atom. The number of carbonyl (C=O) groups excluding carboxylic acids is 1. The summed E-state index contributed by atoms with van der Waals surface area (Å²) in [7, 11) is 1.57. The lowest BCUT2D eigenvalue weighted by molar-refractivity contribution is -0.116. The van der Waals surface area contributed by atoms with Crippen molar-refractivity contribution < 1.29 is 19.4 Å². The zero-order valence-electron chi connectivity index (χ0n) is 23.0. The summed E-state index contributed by atoms with van der Waals surface area (Å²) in [4.78, 5) is 31.3. The Kier molecular flexibility index (Phi) is 8.02. The van der Waals surface area contributed by atoms with Gasteiger partial charge in [0.15, 0.2) is 5.11 Å². The molecule has 0 saturated carbocycles. The lowest BCUT2D eigenvalue weighted by Gasteiger charge is -2.28. The van der Waals surface area contributed by atoms with Gasteiger partial charge < -0.3 is 29.9 Å². The van der Waals surface area contributed by atoms with Crippen LogP contribution in [0.25, 0.3) is 5.69 Å². The molecule has 1 fully saturated rings. The smallest absolute Gasteiger partial charge is 0.335 e. The lowest BCUT2D eigenvalue weighted by Crippen LogP contribution is -2.33. The predicted octanol–water partition coefficient (Wildman–Crippen LogP) is 5.20. The normalized spacial score (nSPS) is 16.4. The second-order valence-corrected chi connectivity index (χ2v) is 10.2. The van der Waals surface area contributed by atoms with Crippen molar-refractivity contribution in [3.8, 4) is 11.4 Å². The Hall–Kier alpha value is -4.70. The molecule has 0 aliphatic carbocycles. The van der Waals surface area contributed by atoms with E-state index in [1.54, 1.807) is 43.6 Å². The van der Waals surface area contributed by atoms with Gasteiger partial charge in [-0.3, -0.25) is 9.78 Å². The lowest BCUT2D eigenvalue weighted by atomic mass is 9.96. The molecule has 0 radical (unpaired) electrons. The van der Waals surface area contributed by atoms with Crippen LogP contribution in [0.5, 0.6) is 5.75 Å². The highest BCUT2D eigenvalue weighted by molar-refractivity contribution is 7.80. The number of aryl methyl sites for hydroxylation is 1. The number of benzene rings is 2. The largest absolute Gasteiger partial charge is 0.495 e. The van der Waals surface area contributed by atoms with Crippen LogP contribution < -0.4 is 15.4 Å². The number of para-hydroxylation sites is 2. The molecule has 2 aromatic carbocycles. The van der Waals surface area contributed by atoms with Gasteiger partial charge in [0.1, 0.15) is 5.75 Å². The van der Waals surface area contributed by atoms with E-state index in [0.29, 0.717) is 23.1 Å². The van der Waals surface area contributed by atoms with E-state index in [9.17, 15) is 14.7 Å². The number of ether oxygens (including phenoxy) is 1. The number of carboxylic acid groups (broad SMARTS) is 1. The highest BCUT2D eigenvalue weighted by Gasteiger charge is 2.41. The summed E-state index contributed by atoms with van der Waals surface area (Å²) in [5.41, 5.74) is 5.33. The molecule has 9 nitrogen and oxygen atoms in total. The average molecular weight is 570 g/mol. The molecule has 3 N–H and O–H groups in total. The van der Waals surface area contributed by atoms with Gasteiger partial charge >= 0.3 is 5.97 Å². The van der Waals surface area contributed by atoms with Crippen molar-refractivity contribution in [2.24, 2.45) is 0 Å². The first-order chi connectivity index (χ1) is 19.8. The molecule has 1 saturated heterocycles. The Bertz CT molecular complexity index is 1600. The molecule has 2 atom stereocenters. The summed E-state index contributed by atoms with van der Waals surface area (Å²) in [5.74, 6) is -0.548. The molecule has 2 unspecified atom stereocenters. The van der Waals surface area contributed by atoms with E-state index < -0.39 is 5.97 Å². The van der Waals surface area contributed by atoms with E-state index >= 15 is 0 Å². The fourth-order valence-corrected chi connectivity index (χ4v) is 5.76. The van der Waals surface area contributed by atoms with Crippen molar-refractivity contribution in [3.63, 3.8) is 0 Å². The fraction of sp³-hybridized carbons (Fsp3) is 0.226. The van der Waals surface area contributed by atoms with Crippen LogP contribution in [-0.2, 0) is 4.79 Å². The van der Waals surface area contributed by atoms with Gasteiger partial charge in [-0.2, -0.15) is 0 Å². The van der Waals surface area contributed by atoms with Crippen LogP contribution in [0.3, 0.4) is 0 Å². The summed E-state index contributed by atoms with van der Waals surface area (Å²) in [5, 5.41) is 16.4. The van der Waals surface area contributed by atoms with Gasteiger partial charge in [-0.05, 0) is 80.2 Å². The number of carbonyl (C=O) groups is 2. The summed E-state index contributed by atoms with van der Waals surface area (Å²) in [6.45, 7) is 4.38. The van der Waals surface area contributed by atoms with Gasteiger partial charge in [-0.15, -0.1) is 0 Å². The number of aromatic nitrogens is 2. The number of hydrogen-bond acceptors (Lipinski definition) is 5. The third-order valence-electron chi connectivity index (χ3n) is 7.30. The van der Waals surface area contributed by atoms with E-state index in [2.05, 4.69) is 21.7 Å². The second-order valence-electron chi connectivity index (χ2n) is 9.84. The maximum atomic E-state index is 13.0. The van der Waals surface area contributed by atoms with Crippen LogP contribution in [0.2, 0.25) is 0 Å². The van der Waals surface area contributed by atoms with Crippen LogP contribution in [0.1, 0.15) is 51.5 Å². The Balaban J connectivity index is 1.48. The van der Waals surface area contributed by atoms with Crippen molar-refractivity contribution in [2.45, 2.75) is 32.4 Å². The van der Waals surface area contributed by atoms with Gasteiger partial charge in [0.2, 0.25) is 5.91 Å². The van der Waals surface area contributed by atoms with E-state index in [1.807, 2.05) is 59.7 Å². The number of amides is 1. The zero-order valence-corrected chi connectivity index (χ0v) is 23.8. The van der Waals surface area contributed by atoms with Crippen LogP contribution in [0.4, 0.5) is 5.69 Å². The molecular formula is C31H31N5O4S. The highest BCUT2D eigenvalue weighted by atomic mass is 32.1. The minimum atomic E-state index is -0.979. The van der Waals surface area contributed by atoms with Crippen molar-refractivity contribution in [1.82, 2.24) is 19.8 Å². The van der Waals surface area contributed by atoms with Gasteiger partial charge in [0.05, 0.1) is 36.1 Å². The Morgan fingerprint density at radius 2 is 1.85 bits per heavy atom. The van der Waals surface area contributed by atoms with Gasteiger partial charge in [-0.1, -0.05) is 24.3 Å². The Labute approximate surface area is 243 Å². The third-order valence-corrected chi connectivity index (χ3v) is 7.65. The van der Waals surface area contributed by atoms with Gasteiger partial charge in [0, 0.05) is 36.2 Å². The monoisotopic (exact) mass is 569 g/mol. The number of rotatable bonds is 9. The molecular weight excluding hydrogens is 538 g/mol. The quantitative estimate of drug-likeness (QED) is 0.236. The molecule has 0 spiro atoms. The second kappa shape index (κ2) is 11.8. The molecule has 3 heterocycles.